The lowest BCUT2D eigenvalue weighted by molar-refractivity contribution is -0.121. The zero-order valence-corrected chi connectivity index (χ0v) is 11.0. The largest absolute Gasteiger partial charge is 0.356 e. The van der Waals surface area contributed by atoms with Crippen LogP contribution in [0.3, 0.4) is 0 Å². The van der Waals surface area contributed by atoms with Crippen LogP contribution < -0.4 is 5.32 Å². The van der Waals surface area contributed by atoms with E-state index in [9.17, 15) is 9.00 Å². The molecule has 3 nitrogen and oxygen atoms in total. The van der Waals surface area contributed by atoms with Gasteiger partial charge in [0.05, 0.1) is 0 Å². The van der Waals surface area contributed by atoms with Gasteiger partial charge in [-0.05, 0) is 19.3 Å². The van der Waals surface area contributed by atoms with Crippen LogP contribution in [0.4, 0.5) is 0 Å². The monoisotopic (exact) mass is 283 g/mol. The van der Waals surface area contributed by atoms with Crippen molar-refractivity contribution in [2.45, 2.75) is 25.7 Å². The normalized spacial score (nSPS) is 12.4. The number of nitrogens with one attached hydrogen (secondary N) is 1. The first-order valence-corrected chi connectivity index (χ1v) is 7.64. The third-order valence-corrected chi connectivity index (χ3v) is 3.14. The molecule has 0 saturated heterocycles. The molecule has 1 amide bonds. The molecule has 0 fully saturated rings. The van der Waals surface area contributed by atoms with Crippen molar-refractivity contribution in [3.05, 3.63) is 0 Å². The zero-order chi connectivity index (χ0) is 10.8. The fourth-order valence-electron chi connectivity index (χ4n) is 0.972. The van der Waals surface area contributed by atoms with Gasteiger partial charge in [0, 0.05) is 41.1 Å². The molecule has 0 bridgehead atoms. The van der Waals surface area contributed by atoms with Crippen molar-refractivity contribution in [1.82, 2.24) is 5.32 Å². The van der Waals surface area contributed by atoms with Gasteiger partial charge in [-0.25, -0.2) is 0 Å². The lowest BCUT2D eigenvalue weighted by atomic mass is 10.2. The summed E-state index contributed by atoms with van der Waals surface area (Å²) in [6, 6.07) is 0. The maximum atomic E-state index is 11.2. The molecule has 1 unspecified atom stereocenters. The predicted octanol–water partition coefficient (Wildman–Crippen LogP) is 1.44. The molecule has 0 aromatic carbocycles. The zero-order valence-electron chi connectivity index (χ0n) is 8.55. The summed E-state index contributed by atoms with van der Waals surface area (Å²) in [7, 11) is -0.745. The first-order valence-electron chi connectivity index (χ1n) is 4.79. The van der Waals surface area contributed by atoms with E-state index in [1.165, 1.54) is 0 Å². The second kappa shape index (κ2) is 9.65. The Balaban J connectivity index is 3.22. The molecular weight excluding hydrogens is 266 g/mol. The molecule has 1 atom stereocenters. The van der Waals surface area contributed by atoms with E-state index in [0.29, 0.717) is 18.7 Å². The van der Waals surface area contributed by atoms with Crippen molar-refractivity contribution >= 4 is 32.6 Å². The Morgan fingerprint density at radius 2 is 2.07 bits per heavy atom. The number of hydrogen-bond acceptors (Lipinski definition) is 2. The van der Waals surface area contributed by atoms with Crippen LogP contribution >= 0.6 is 15.9 Å². The average Bonchev–Trinajstić information content (AvgIpc) is 2.13. The summed E-state index contributed by atoms with van der Waals surface area (Å²) in [6.07, 6.45) is 5.04. The van der Waals surface area contributed by atoms with Crippen molar-refractivity contribution in [1.29, 1.82) is 0 Å². The minimum absolute atomic E-state index is 0.104. The smallest absolute Gasteiger partial charge is 0.219 e. The van der Waals surface area contributed by atoms with Crippen LogP contribution in [0.2, 0.25) is 0 Å². The molecule has 0 aromatic heterocycles. The second-order valence-electron chi connectivity index (χ2n) is 3.13. The van der Waals surface area contributed by atoms with E-state index in [2.05, 4.69) is 21.2 Å². The van der Waals surface area contributed by atoms with Crippen molar-refractivity contribution < 1.29 is 9.00 Å². The topological polar surface area (TPSA) is 46.2 Å². The summed E-state index contributed by atoms with van der Waals surface area (Å²) in [6.45, 7) is 0.646. The number of unbranched alkanes of at least 4 members (excludes halogenated alkanes) is 1. The number of rotatable bonds is 8. The van der Waals surface area contributed by atoms with E-state index in [1.807, 2.05) is 0 Å². The maximum absolute atomic E-state index is 11.2. The molecule has 0 aromatic rings. The van der Waals surface area contributed by atoms with Gasteiger partial charge in [0.15, 0.2) is 0 Å². The number of carbonyl (C=O) groups is 1. The molecule has 5 heteroatoms. The molecule has 1 N–H and O–H groups in total. The predicted molar refractivity (Wildman–Crippen MR) is 64.2 cm³/mol. The van der Waals surface area contributed by atoms with Crippen LogP contribution in [0.25, 0.3) is 0 Å². The Morgan fingerprint density at radius 1 is 1.36 bits per heavy atom. The van der Waals surface area contributed by atoms with Crippen LogP contribution in [-0.4, -0.2) is 34.0 Å². The quantitative estimate of drug-likeness (QED) is 0.541. The van der Waals surface area contributed by atoms with Gasteiger partial charge in [-0.2, -0.15) is 0 Å². The standard InChI is InChI=1S/C9H18BrNO2S/c1-14(13)8-4-7-11-9(12)5-2-3-6-10/h2-8H2,1H3,(H,11,12). The summed E-state index contributed by atoms with van der Waals surface area (Å²) in [5, 5.41) is 3.76. The van der Waals surface area contributed by atoms with Crippen molar-refractivity contribution in [2.24, 2.45) is 0 Å². The second-order valence-corrected chi connectivity index (χ2v) is 5.47. The first kappa shape index (κ1) is 14.1. The molecule has 0 saturated carbocycles. The molecule has 0 aliphatic heterocycles. The van der Waals surface area contributed by atoms with E-state index in [0.717, 1.165) is 24.6 Å². The Hall–Kier alpha value is 0.1000. The highest BCUT2D eigenvalue weighted by atomic mass is 79.9. The SMILES string of the molecule is CS(=O)CCCNC(=O)CCCCBr. The van der Waals surface area contributed by atoms with Crippen molar-refractivity contribution in [3.63, 3.8) is 0 Å². The third kappa shape index (κ3) is 10.2. The highest BCUT2D eigenvalue weighted by molar-refractivity contribution is 9.09. The van der Waals surface area contributed by atoms with Gasteiger partial charge in [-0.3, -0.25) is 9.00 Å². The van der Waals surface area contributed by atoms with Gasteiger partial charge in [0.2, 0.25) is 5.91 Å². The highest BCUT2D eigenvalue weighted by Gasteiger charge is 1.99. The molecule has 0 radical (unpaired) electrons. The minimum atomic E-state index is -0.745. The Labute approximate surface area is 96.6 Å². The summed E-state index contributed by atoms with van der Waals surface area (Å²) < 4.78 is 10.7. The summed E-state index contributed by atoms with van der Waals surface area (Å²) in [5.41, 5.74) is 0. The van der Waals surface area contributed by atoms with E-state index < -0.39 is 10.8 Å². The van der Waals surface area contributed by atoms with E-state index in [4.69, 9.17) is 0 Å². The van der Waals surface area contributed by atoms with Crippen LogP contribution in [0.5, 0.6) is 0 Å². The van der Waals surface area contributed by atoms with Crippen molar-refractivity contribution in [3.8, 4) is 0 Å². The fraction of sp³-hybridized carbons (Fsp3) is 0.889. The average molecular weight is 284 g/mol. The summed E-state index contributed by atoms with van der Waals surface area (Å²) >= 11 is 3.31. The minimum Gasteiger partial charge on any atom is -0.356 e. The highest BCUT2D eigenvalue weighted by Crippen LogP contribution is 1.98. The molecule has 84 valence electrons. The lowest BCUT2D eigenvalue weighted by Crippen LogP contribution is -2.25. The Kier molecular flexibility index (Phi) is 9.72. The Bertz CT molecular complexity index is 188. The van der Waals surface area contributed by atoms with Gasteiger partial charge in [0.25, 0.3) is 0 Å². The van der Waals surface area contributed by atoms with Crippen molar-refractivity contribution in [2.75, 3.05) is 23.9 Å². The molecule has 0 aliphatic rings. The van der Waals surface area contributed by atoms with Crippen LogP contribution in [0.1, 0.15) is 25.7 Å². The van der Waals surface area contributed by atoms with Crippen LogP contribution in [0.15, 0.2) is 0 Å². The Morgan fingerprint density at radius 3 is 2.64 bits per heavy atom. The molecule has 14 heavy (non-hydrogen) atoms. The lowest BCUT2D eigenvalue weighted by Gasteiger charge is -2.03. The maximum Gasteiger partial charge on any atom is 0.219 e. The number of amides is 1. The van der Waals surface area contributed by atoms with E-state index >= 15 is 0 Å². The molecule has 0 rings (SSSR count). The molecule has 0 heterocycles. The molecular formula is C9H18BrNO2S. The van der Waals surface area contributed by atoms with Gasteiger partial charge in [-0.15, -0.1) is 0 Å². The van der Waals surface area contributed by atoms with E-state index in [1.54, 1.807) is 6.26 Å². The third-order valence-electron chi connectivity index (χ3n) is 1.72. The number of alkyl halides is 1. The number of hydrogen-bond donors (Lipinski definition) is 1. The summed E-state index contributed by atoms with van der Waals surface area (Å²) in [5.74, 6) is 0.773. The van der Waals surface area contributed by atoms with E-state index in [-0.39, 0.29) is 5.91 Å². The van der Waals surface area contributed by atoms with Crippen LogP contribution in [-0.2, 0) is 15.6 Å². The number of carbonyl (C=O) groups excluding carboxylic acids is 1. The van der Waals surface area contributed by atoms with Gasteiger partial charge >= 0.3 is 0 Å². The summed E-state index contributed by atoms with van der Waals surface area (Å²) in [4.78, 5) is 11.2. The number of halogens is 1. The van der Waals surface area contributed by atoms with Gasteiger partial charge in [-0.1, -0.05) is 15.9 Å². The molecule has 0 spiro atoms. The fourth-order valence-corrected chi connectivity index (χ4v) is 1.92. The van der Waals surface area contributed by atoms with Gasteiger partial charge < -0.3 is 5.32 Å². The first-order chi connectivity index (χ1) is 6.66. The molecule has 0 aliphatic carbocycles. The van der Waals surface area contributed by atoms with Crippen LogP contribution in [0, 0.1) is 0 Å². The van der Waals surface area contributed by atoms with Gasteiger partial charge in [0.1, 0.15) is 0 Å².